The lowest BCUT2D eigenvalue weighted by Gasteiger charge is -2.13. The zero-order valence-electron chi connectivity index (χ0n) is 11.2. The highest BCUT2D eigenvalue weighted by atomic mass is 32.2. The summed E-state index contributed by atoms with van der Waals surface area (Å²) in [6, 6.07) is 2.17. The molecular weight excluding hydrogens is 264 g/mol. The second kappa shape index (κ2) is 6.02. The fourth-order valence-corrected chi connectivity index (χ4v) is 3.59. The number of rotatable bonds is 6. The van der Waals surface area contributed by atoms with Crippen LogP contribution < -0.4 is 11.3 Å². The Morgan fingerprint density at radius 3 is 2.79 bits per heavy atom. The molecule has 19 heavy (non-hydrogen) atoms. The van der Waals surface area contributed by atoms with E-state index in [0.717, 1.165) is 5.69 Å². The maximum Gasteiger partial charge on any atom is 0.149 e. The Kier molecular flexibility index (Phi) is 4.59. The van der Waals surface area contributed by atoms with Gasteiger partial charge in [0.1, 0.15) is 9.84 Å². The van der Waals surface area contributed by atoms with Gasteiger partial charge in [0.15, 0.2) is 0 Å². The summed E-state index contributed by atoms with van der Waals surface area (Å²) in [6.45, 7) is 0. The summed E-state index contributed by atoms with van der Waals surface area (Å²) in [4.78, 5) is 0. The summed E-state index contributed by atoms with van der Waals surface area (Å²) in [5.74, 6) is 5.44. The van der Waals surface area contributed by atoms with Crippen molar-refractivity contribution in [3.05, 3.63) is 18.0 Å². The third-order valence-electron chi connectivity index (χ3n) is 3.56. The first-order valence-corrected chi connectivity index (χ1v) is 8.72. The summed E-state index contributed by atoms with van der Waals surface area (Å²) >= 11 is 0. The van der Waals surface area contributed by atoms with Crippen molar-refractivity contribution in [3.63, 3.8) is 0 Å². The zero-order chi connectivity index (χ0) is 13.9. The Morgan fingerprint density at radius 1 is 1.53 bits per heavy atom. The maximum atomic E-state index is 11.3. The van der Waals surface area contributed by atoms with Gasteiger partial charge in [0.25, 0.3) is 0 Å². The monoisotopic (exact) mass is 286 g/mol. The first-order chi connectivity index (χ1) is 8.98. The van der Waals surface area contributed by atoms with Crippen molar-refractivity contribution in [2.45, 2.75) is 44.2 Å². The molecular formula is C12H22N4O2S. The molecule has 1 fully saturated rings. The highest BCUT2D eigenvalue weighted by Crippen LogP contribution is 2.28. The number of hydrogen-bond acceptors (Lipinski definition) is 5. The first kappa shape index (κ1) is 14.5. The van der Waals surface area contributed by atoms with Crippen LogP contribution >= 0.6 is 0 Å². The maximum absolute atomic E-state index is 11.3. The molecule has 1 aromatic heterocycles. The standard InChI is InChI=1S/C12H22N4O2S/c1-19(17,18)9-11(14-13)8-10-6-7-16(15-10)12-4-2-3-5-12/h6-7,11-12,14H,2-5,8-9,13H2,1H3. The Labute approximate surface area is 114 Å². The summed E-state index contributed by atoms with van der Waals surface area (Å²) < 4.78 is 24.6. The third-order valence-corrected chi connectivity index (χ3v) is 4.57. The predicted octanol–water partition coefficient (Wildman–Crippen LogP) is 0.417. The number of sulfone groups is 1. The highest BCUT2D eigenvalue weighted by molar-refractivity contribution is 7.90. The molecule has 108 valence electrons. The smallest absolute Gasteiger partial charge is 0.149 e. The fraction of sp³-hybridized carbons (Fsp3) is 0.750. The molecule has 0 amide bonds. The van der Waals surface area contributed by atoms with E-state index in [4.69, 9.17) is 5.84 Å². The molecule has 0 aromatic carbocycles. The fourth-order valence-electron chi connectivity index (χ4n) is 2.64. The van der Waals surface area contributed by atoms with E-state index in [1.54, 1.807) is 0 Å². The number of aromatic nitrogens is 2. The lowest BCUT2D eigenvalue weighted by atomic mass is 10.2. The molecule has 1 saturated carbocycles. The van der Waals surface area contributed by atoms with Crippen LogP contribution in [0.1, 0.15) is 37.4 Å². The van der Waals surface area contributed by atoms with Crippen molar-refractivity contribution in [3.8, 4) is 0 Å². The van der Waals surface area contributed by atoms with Crippen LogP contribution in [-0.4, -0.2) is 36.2 Å². The van der Waals surface area contributed by atoms with Gasteiger partial charge in [-0.2, -0.15) is 5.10 Å². The van der Waals surface area contributed by atoms with Crippen LogP contribution in [0.25, 0.3) is 0 Å². The van der Waals surface area contributed by atoms with Crippen molar-refractivity contribution in [1.29, 1.82) is 0 Å². The Balaban J connectivity index is 1.98. The van der Waals surface area contributed by atoms with Crippen LogP contribution in [-0.2, 0) is 16.3 Å². The van der Waals surface area contributed by atoms with Gasteiger partial charge in [-0.3, -0.25) is 16.0 Å². The van der Waals surface area contributed by atoms with Gasteiger partial charge < -0.3 is 0 Å². The largest absolute Gasteiger partial charge is 0.271 e. The summed E-state index contributed by atoms with van der Waals surface area (Å²) in [5, 5.41) is 4.54. The molecule has 1 aliphatic carbocycles. The average Bonchev–Trinajstić information content (AvgIpc) is 2.95. The van der Waals surface area contributed by atoms with Crippen molar-refractivity contribution in [2.24, 2.45) is 5.84 Å². The minimum absolute atomic E-state index is 0.0276. The van der Waals surface area contributed by atoms with Crippen molar-refractivity contribution < 1.29 is 8.42 Å². The molecule has 0 bridgehead atoms. The van der Waals surface area contributed by atoms with Crippen LogP contribution in [0.5, 0.6) is 0 Å². The molecule has 0 aliphatic heterocycles. The van der Waals surface area contributed by atoms with Gasteiger partial charge in [0.2, 0.25) is 0 Å². The number of hydrazine groups is 1. The first-order valence-electron chi connectivity index (χ1n) is 6.66. The van der Waals surface area contributed by atoms with Crippen molar-refractivity contribution in [1.82, 2.24) is 15.2 Å². The molecule has 1 aliphatic rings. The van der Waals surface area contributed by atoms with Crippen LogP contribution in [0.2, 0.25) is 0 Å². The van der Waals surface area contributed by atoms with Gasteiger partial charge in [-0.15, -0.1) is 0 Å². The zero-order valence-corrected chi connectivity index (χ0v) is 12.1. The van der Waals surface area contributed by atoms with Gasteiger partial charge in [-0.1, -0.05) is 12.8 Å². The van der Waals surface area contributed by atoms with Crippen LogP contribution in [0, 0.1) is 0 Å². The Hall–Kier alpha value is -0.920. The summed E-state index contributed by atoms with van der Waals surface area (Å²) in [6.07, 6.45) is 8.63. The van der Waals surface area contributed by atoms with Crippen LogP contribution in [0.3, 0.4) is 0 Å². The van der Waals surface area contributed by atoms with E-state index in [9.17, 15) is 8.42 Å². The number of hydrogen-bond donors (Lipinski definition) is 2. The molecule has 0 spiro atoms. The minimum Gasteiger partial charge on any atom is -0.271 e. The van der Waals surface area contributed by atoms with E-state index in [-0.39, 0.29) is 11.8 Å². The number of nitrogens with two attached hydrogens (primary N) is 1. The highest BCUT2D eigenvalue weighted by Gasteiger charge is 2.19. The van der Waals surface area contributed by atoms with Crippen molar-refractivity contribution in [2.75, 3.05) is 12.0 Å². The molecule has 3 N–H and O–H groups in total. The number of nitrogens with one attached hydrogen (secondary N) is 1. The van der Waals surface area contributed by atoms with Gasteiger partial charge >= 0.3 is 0 Å². The summed E-state index contributed by atoms with van der Waals surface area (Å²) in [7, 11) is -3.04. The molecule has 0 saturated heterocycles. The topological polar surface area (TPSA) is 90.0 Å². The molecule has 7 heteroatoms. The molecule has 1 aromatic rings. The molecule has 6 nitrogen and oxygen atoms in total. The molecule has 0 radical (unpaired) electrons. The van der Waals surface area contributed by atoms with E-state index < -0.39 is 9.84 Å². The second-order valence-corrected chi connectivity index (χ2v) is 7.57. The molecule has 1 heterocycles. The lowest BCUT2D eigenvalue weighted by molar-refractivity contribution is 0.458. The lowest BCUT2D eigenvalue weighted by Crippen LogP contribution is -2.41. The number of nitrogens with zero attached hydrogens (tertiary/aromatic N) is 2. The van der Waals surface area contributed by atoms with Crippen LogP contribution in [0.4, 0.5) is 0 Å². The quantitative estimate of drug-likeness (QED) is 0.584. The van der Waals surface area contributed by atoms with Crippen LogP contribution in [0.15, 0.2) is 12.3 Å². The third kappa shape index (κ3) is 4.29. The minimum atomic E-state index is -3.04. The van der Waals surface area contributed by atoms with Gasteiger partial charge in [-0.05, 0) is 18.9 Å². The van der Waals surface area contributed by atoms with Gasteiger partial charge in [0, 0.05) is 24.9 Å². The Bertz CT molecular complexity index is 506. The van der Waals surface area contributed by atoms with E-state index in [1.807, 2.05) is 16.9 Å². The Morgan fingerprint density at radius 2 is 2.21 bits per heavy atom. The van der Waals surface area contributed by atoms with E-state index >= 15 is 0 Å². The molecule has 2 rings (SSSR count). The average molecular weight is 286 g/mol. The van der Waals surface area contributed by atoms with E-state index in [1.165, 1.54) is 31.9 Å². The second-order valence-electron chi connectivity index (χ2n) is 5.39. The molecule has 1 atom stereocenters. The summed E-state index contributed by atoms with van der Waals surface area (Å²) in [5.41, 5.74) is 3.44. The van der Waals surface area contributed by atoms with E-state index in [2.05, 4.69) is 10.5 Å². The predicted molar refractivity (Wildman–Crippen MR) is 74.3 cm³/mol. The van der Waals surface area contributed by atoms with Crippen molar-refractivity contribution >= 4 is 9.84 Å². The van der Waals surface area contributed by atoms with Gasteiger partial charge in [-0.25, -0.2) is 8.42 Å². The van der Waals surface area contributed by atoms with Gasteiger partial charge in [0.05, 0.1) is 17.5 Å². The van der Waals surface area contributed by atoms with E-state index in [0.29, 0.717) is 12.5 Å². The normalized spacial score (nSPS) is 18.8. The molecule has 1 unspecified atom stereocenters. The SMILES string of the molecule is CS(=O)(=O)CC(Cc1ccn(C2CCCC2)n1)NN.